The third kappa shape index (κ3) is 5.03. The molecule has 162 valence electrons. The lowest BCUT2D eigenvalue weighted by atomic mass is 9.96. The minimum absolute atomic E-state index is 0.0179. The van der Waals surface area contributed by atoms with Crippen LogP contribution in [0.3, 0.4) is 0 Å². The molecule has 0 bridgehead atoms. The van der Waals surface area contributed by atoms with Gasteiger partial charge in [-0.3, -0.25) is 9.59 Å². The van der Waals surface area contributed by atoms with Crippen LogP contribution >= 0.6 is 11.5 Å². The lowest BCUT2D eigenvalue weighted by Gasteiger charge is -2.33. The van der Waals surface area contributed by atoms with Gasteiger partial charge in [-0.1, -0.05) is 42.5 Å². The van der Waals surface area contributed by atoms with Gasteiger partial charge in [0, 0.05) is 31.6 Å². The molecule has 0 saturated carbocycles. The SMILES string of the molecule is NC(C(=O)N1CCC[C@@H](C(=O)NCCNc2nsc3ccccc23)C1)c1ccccc1. The molecule has 0 aliphatic carbocycles. The second kappa shape index (κ2) is 9.89. The van der Waals surface area contributed by atoms with Crippen molar-refractivity contribution in [3.05, 3.63) is 60.2 Å². The number of carbonyl (C=O) groups excluding carboxylic acids is 2. The van der Waals surface area contributed by atoms with Crippen LogP contribution in [-0.4, -0.2) is 47.3 Å². The number of benzene rings is 2. The summed E-state index contributed by atoms with van der Waals surface area (Å²) < 4.78 is 5.57. The first-order chi connectivity index (χ1) is 15.1. The van der Waals surface area contributed by atoms with Crippen molar-refractivity contribution in [3.63, 3.8) is 0 Å². The predicted molar refractivity (Wildman–Crippen MR) is 124 cm³/mol. The molecule has 2 amide bonds. The molecule has 1 fully saturated rings. The summed E-state index contributed by atoms with van der Waals surface area (Å²) in [6.45, 7) is 2.14. The van der Waals surface area contributed by atoms with Crippen molar-refractivity contribution in [1.29, 1.82) is 0 Å². The summed E-state index contributed by atoms with van der Waals surface area (Å²) >= 11 is 1.46. The quantitative estimate of drug-likeness (QED) is 0.494. The van der Waals surface area contributed by atoms with Gasteiger partial charge in [-0.05, 0) is 42.1 Å². The van der Waals surface area contributed by atoms with Crippen molar-refractivity contribution >= 4 is 39.3 Å². The molecule has 2 heterocycles. The zero-order chi connectivity index (χ0) is 21.6. The number of amides is 2. The molecule has 4 N–H and O–H groups in total. The fourth-order valence-corrected chi connectivity index (χ4v) is 4.67. The number of likely N-dealkylation sites (tertiary alicyclic amines) is 1. The number of hydrogen-bond acceptors (Lipinski definition) is 6. The maximum atomic E-state index is 12.8. The Bertz CT molecular complexity index is 1040. The number of carbonyl (C=O) groups is 2. The Balaban J connectivity index is 1.25. The molecule has 2 aromatic carbocycles. The van der Waals surface area contributed by atoms with Crippen molar-refractivity contribution in [2.24, 2.45) is 11.7 Å². The number of nitrogens with one attached hydrogen (secondary N) is 2. The van der Waals surface area contributed by atoms with E-state index in [1.165, 1.54) is 11.5 Å². The Labute approximate surface area is 185 Å². The van der Waals surface area contributed by atoms with Gasteiger partial charge in [0.2, 0.25) is 11.8 Å². The molecular weight excluding hydrogens is 410 g/mol. The van der Waals surface area contributed by atoms with E-state index in [2.05, 4.69) is 15.0 Å². The minimum Gasteiger partial charge on any atom is -0.367 e. The Kier molecular flexibility index (Phi) is 6.79. The van der Waals surface area contributed by atoms with E-state index in [4.69, 9.17) is 5.73 Å². The molecule has 1 unspecified atom stereocenters. The van der Waals surface area contributed by atoms with E-state index >= 15 is 0 Å². The van der Waals surface area contributed by atoms with E-state index in [1.54, 1.807) is 4.90 Å². The van der Waals surface area contributed by atoms with E-state index in [0.717, 1.165) is 34.3 Å². The molecule has 4 rings (SSSR count). The number of nitrogens with two attached hydrogens (primary N) is 1. The number of fused-ring (bicyclic) bond motifs is 1. The summed E-state index contributed by atoms with van der Waals surface area (Å²) in [5, 5.41) is 7.37. The lowest BCUT2D eigenvalue weighted by Crippen LogP contribution is -2.48. The van der Waals surface area contributed by atoms with Crippen molar-refractivity contribution in [1.82, 2.24) is 14.6 Å². The maximum Gasteiger partial charge on any atom is 0.244 e. The van der Waals surface area contributed by atoms with Gasteiger partial charge in [0.25, 0.3) is 0 Å². The first kappa shape index (κ1) is 21.3. The van der Waals surface area contributed by atoms with Crippen LogP contribution in [0.2, 0.25) is 0 Å². The predicted octanol–water partition coefficient (Wildman–Crippen LogP) is 2.76. The number of anilines is 1. The lowest BCUT2D eigenvalue weighted by molar-refractivity contribution is -0.137. The van der Waals surface area contributed by atoms with Gasteiger partial charge in [-0.2, -0.15) is 4.37 Å². The van der Waals surface area contributed by atoms with Gasteiger partial charge < -0.3 is 21.3 Å². The zero-order valence-electron chi connectivity index (χ0n) is 17.3. The number of rotatable bonds is 7. The number of aromatic nitrogens is 1. The van der Waals surface area contributed by atoms with Crippen LogP contribution in [0.4, 0.5) is 5.82 Å². The van der Waals surface area contributed by atoms with Crippen LogP contribution in [0.25, 0.3) is 10.1 Å². The van der Waals surface area contributed by atoms with E-state index in [1.807, 2.05) is 54.6 Å². The molecule has 1 saturated heterocycles. The van der Waals surface area contributed by atoms with Gasteiger partial charge in [0.1, 0.15) is 11.9 Å². The molecule has 2 atom stereocenters. The van der Waals surface area contributed by atoms with Crippen LogP contribution in [0.1, 0.15) is 24.4 Å². The molecule has 3 aromatic rings. The smallest absolute Gasteiger partial charge is 0.244 e. The molecule has 1 aromatic heterocycles. The summed E-state index contributed by atoms with van der Waals surface area (Å²) in [7, 11) is 0. The second-order valence-electron chi connectivity index (χ2n) is 7.76. The summed E-state index contributed by atoms with van der Waals surface area (Å²) in [6.07, 6.45) is 1.58. The highest BCUT2D eigenvalue weighted by Gasteiger charge is 2.30. The Hall–Kier alpha value is -2.97. The van der Waals surface area contributed by atoms with E-state index in [0.29, 0.717) is 26.2 Å². The van der Waals surface area contributed by atoms with Gasteiger partial charge in [0.05, 0.1) is 10.6 Å². The van der Waals surface area contributed by atoms with Gasteiger partial charge in [-0.25, -0.2) is 0 Å². The first-order valence-electron chi connectivity index (χ1n) is 10.6. The molecule has 31 heavy (non-hydrogen) atoms. The largest absolute Gasteiger partial charge is 0.367 e. The molecular formula is C23H27N5O2S. The third-order valence-electron chi connectivity index (χ3n) is 5.62. The Morgan fingerprint density at radius 1 is 1.13 bits per heavy atom. The summed E-state index contributed by atoms with van der Waals surface area (Å²) in [5.41, 5.74) is 6.96. The molecule has 7 nitrogen and oxygen atoms in total. The zero-order valence-corrected chi connectivity index (χ0v) is 18.1. The minimum atomic E-state index is -0.694. The summed E-state index contributed by atoms with van der Waals surface area (Å²) in [4.78, 5) is 27.2. The third-order valence-corrected chi connectivity index (χ3v) is 6.45. The molecule has 8 heteroatoms. The van der Waals surface area contributed by atoms with Crippen LogP contribution in [0.5, 0.6) is 0 Å². The fourth-order valence-electron chi connectivity index (χ4n) is 3.92. The van der Waals surface area contributed by atoms with Crippen molar-refractivity contribution in [3.8, 4) is 0 Å². The van der Waals surface area contributed by atoms with Crippen molar-refractivity contribution in [2.45, 2.75) is 18.9 Å². The molecule has 1 aliphatic heterocycles. The van der Waals surface area contributed by atoms with Crippen LogP contribution < -0.4 is 16.4 Å². The molecule has 0 radical (unpaired) electrons. The standard InChI is InChI=1S/C23H27N5O2S/c24-20(16-7-2-1-3-8-16)23(30)28-14-6-9-17(15-28)22(29)26-13-12-25-21-18-10-4-5-11-19(18)31-27-21/h1-5,7-8,10-11,17,20H,6,9,12-15,24H2,(H,25,27)(H,26,29)/t17-,20?/m1/s1. The molecule has 0 spiro atoms. The average molecular weight is 438 g/mol. The van der Waals surface area contributed by atoms with Gasteiger partial charge >= 0.3 is 0 Å². The summed E-state index contributed by atoms with van der Waals surface area (Å²) in [6, 6.07) is 16.7. The Morgan fingerprint density at radius 2 is 1.90 bits per heavy atom. The van der Waals surface area contributed by atoms with Gasteiger partial charge in [0.15, 0.2) is 0 Å². The second-order valence-corrected chi connectivity index (χ2v) is 8.56. The number of hydrogen-bond donors (Lipinski definition) is 3. The van der Waals surface area contributed by atoms with E-state index in [9.17, 15) is 9.59 Å². The van der Waals surface area contributed by atoms with Crippen molar-refractivity contribution < 1.29 is 9.59 Å². The van der Waals surface area contributed by atoms with E-state index in [-0.39, 0.29) is 17.7 Å². The summed E-state index contributed by atoms with van der Waals surface area (Å²) in [5.74, 6) is 0.497. The van der Waals surface area contributed by atoms with Crippen molar-refractivity contribution in [2.75, 3.05) is 31.5 Å². The average Bonchev–Trinajstić information content (AvgIpc) is 3.24. The normalized spacial score (nSPS) is 17.3. The molecule has 1 aliphatic rings. The number of piperidine rings is 1. The maximum absolute atomic E-state index is 12.8. The Morgan fingerprint density at radius 3 is 2.74 bits per heavy atom. The van der Waals surface area contributed by atoms with Crippen LogP contribution in [-0.2, 0) is 9.59 Å². The first-order valence-corrected chi connectivity index (χ1v) is 11.4. The highest BCUT2D eigenvalue weighted by Crippen LogP contribution is 2.26. The van der Waals surface area contributed by atoms with Gasteiger partial charge in [-0.15, -0.1) is 0 Å². The van der Waals surface area contributed by atoms with Crippen LogP contribution in [0, 0.1) is 5.92 Å². The highest BCUT2D eigenvalue weighted by atomic mass is 32.1. The number of nitrogens with zero attached hydrogens (tertiary/aromatic N) is 2. The van der Waals surface area contributed by atoms with Crippen LogP contribution in [0.15, 0.2) is 54.6 Å². The fraction of sp³-hybridized carbons (Fsp3) is 0.348. The van der Waals surface area contributed by atoms with E-state index < -0.39 is 6.04 Å². The topological polar surface area (TPSA) is 100 Å². The highest BCUT2D eigenvalue weighted by molar-refractivity contribution is 7.13. The monoisotopic (exact) mass is 437 g/mol.